The highest BCUT2D eigenvalue weighted by Gasteiger charge is 2.13. The van der Waals surface area contributed by atoms with Gasteiger partial charge in [-0.05, 0) is 16.7 Å². The molecule has 0 aliphatic carbocycles. The van der Waals surface area contributed by atoms with E-state index in [2.05, 4.69) is 5.32 Å². The SMILES string of the molecule is CC(C)C(O)CNCCC(=O)c1scc2ccccc12. The van der Waals surface area contributed by atoms with Crippen LogP contribution < -0.4 is 5.32 Å². The van der Waals surface area contributed by atoms with Crippen molar-refractivity contribution in [2.45, 2.75) is 26.4 Å². The molecule has 1 aromatic heterocycles. The minimum Gasteiger partial charge on any atom is -0.392 e. The largest absolute Gasteiger partial charge is 0.392 e. The lowest BCUT2D eigenvalue weighted by Crippen LogP contribution is -2.31. The van der Waals surface area contributed by atoms with Crippen LogP contribution in [0.25, 0.3) is 10.8 Å². The third kappa shape index (κ3) is 3.66. The van der Waals surface area contributed by atoms with Crippen LogP contribution in [0.5, 0.6) is 0 Å². The van der Waals surface area contributed by atoms with E-state index in [1.807, 2.05) is 43.5 Å². The molecule has 0 saturated carbocycles. The number of carbonyl (C=O) groups is 1. The lowest BCUT2D eigenvalue weighted by atomic mass is 10.1. The Morgan fingerprint density at radius 2 is 2.10 bits per heavy atom. The molecule has 0 fully saturated rings. The number of aliphatic hydroxyl groups is 1. The van der Waals surface area contributed by atoms with Crippen LogP contribution in [0.1, 0.15) is 29.9 Å². The Labute approximate surface area is 123 Å². The first kappa shape index (κ1) is 15.2. The number of aliphatic hydroxyl groups excluding tert-OH is 1. The van der Waals surface area contributed by atoms with E-state index in [1.54, 1.807) is 0 Å². The topological polar surface area (TPSA) is 49.3 Å². The Morgan fingerprint density at radius 3 is 2.85 bits per heavy atom. The van der Waals surface area contributed by atoms with Crippen LogP contribution in [0.4, 0.5) is 0 Å². The van der Waals surface area contributed by atoms with Gasteiger partial charge >= 0.3 is 0 Å². The quantitative estimate of drug-likeness (QED) is 0.609. The molecule has 1 atom stereocenters. The van der Waals surface area contributed by atoms with Crippen molar-refractivity contribution in [2.75, 3.05) is 13.1 Å². The molecule has 0 aliphatic heterocycles. The molecule has 2 aromatic rings. The van der Waals surface area contributed by atoms with Crippen molar-refractivity contribution >= 4 is 27.9 Å². The van der Waals surface area contributed by atoms with Gasteiger partial charge in [0.15, 0.2) is 5.78 Å². The zero-order valence-corrected chi connectivity index (χ0v) is 12.7. The molecule has 3 nitrogen and oxygen atoms in total. The van der Waals surface area contributed by atoms with Gasteiger partial charge in [0.25, 0.3) is 0 Å². The van der Waals surface area contributed by atoms with Crippen LogP contribution in [0, 0.1) is 5.92 Å². The average molecular weight is 291 g/mol. The lowest BCUT2D eigenvalue weighted by molar-refractivity contribution is 0.0978. The fourth-order valence-electron chi connectivity index (χ4n) is 2.01. The van der Waals surface area contributed by atoms with Crippen molar-refractivity contribution in [2.24, 2.45) is 5.92 Å². The van der Waals surface area contributed by atoms with Crippen LogP contribution in [-0.4, -0.2) is 30.1 Å². The maximum atomic E-state index is 12.2. The molecule has 0 saturated heterocycles. The fraction of sp³-hybridized carbons (Fsp3) is 0.438. The van der Waals surface area contributed by atoms with E-state index in [0.717, 1.165) is 15.6 Å². The Morgan fingerprint density at radius 1 is 1.35 bits per heavy atom. The zero-order chi connectivity index (χ0) is 14.5. The number of hydrogen-bond acceptors (Lipinski definition) is 4. The van der Waals surface area contributed by atoms with Crippen molar-refractivity contribution in [1.82, 2.24) is 5.32 Å². The predicted octanol–water partition coefficient (Wildman–Crippen LogP) is 3.08. The lowest BCUT2D eigenvalue weighted by Gasteiger charge is -2.14. The maximum Gasteiger partial charge on any atom is 0.174 e. The summed E-state index contributed by atoms with van der Waals surface area (Å²) in [5.74, 6) is 0.405. The summed E-state index contributed by atoms with van der Waals surface area (Å²) >= 11 is 1.51. The molecule has 1 heterocycles. The van der Waals surface area contributed by atoms with Gasteiger partial charge in [0.2, 0.25) is 0 Å². The average Bonchev–Trinajstić information content (AvgIpc) is 2.87. The number of hydrogen-bond donors (Lipinski definition) is 2. The Balaban J connectivity index is 1.86. The summed E-state index contributed by atoms with van der Waals surface area (Å²) in [5.41, 5.74) is 0. The van der Waals surface area contributed by atoms with Crippen molar-refractivity contribution in [1.29, 1.82) is 0 Å². The summed E-state index contributed by atoms with van der Waals surface area (Å²) in [7, 11) is 0. The van der Waals surface area contributed by atoms with E-state index in [9.17, 15) is 9.90 Å². The van der Waals surface area contributed by atoms with Crippen LogP contribution >= 0.6 is 11.3 Å². The van der Waals surface area contributed by atoms with Crippen LogP contribution in [0.3, 0.4) is 0 Å². The van der Waals surface area contributed by atoms with Crippen LogP contribution in [0.2, 0.25) is 0 Å². The van der Waals surface area contributed by atoms with Gasteiger partial charge in [0.05, 0.1) is 11.0 Å². The van der Waals surface area contributed by atoms with Crippen molar-refractivity contribution in [3.05, 3.63) is 34.5 Å². The van der Waals surface area contributed by atoms with Crippen LogP contribution in [0.15, 0.2) is 29.6 Å². The Hall–Kier alpha value is -1.23. The van der Waals surface area contributed by atoms with Gasteiger partial charge in [-0.25, -0.2) is 0 Å². The van der Waals surface area contributed by atoms with E-state index in [0.29, 0.717) is 19.5 Å². The number of thiophene rings is 1. The standard InChI is InChI=1S/C16H21NO2S/c1-11(2)15(19)9-17-8-7-14(18)16-13-6-4-3-5-12(13)10-20-16/h3-6,10-11,15,17,19H,7-9H2,1-2H3. The van der Waals surface area contributed by atoms with Gasteiger partial charge in [-0.2, -0.15) is 0 Å². The monoisotopic (exact) mass is 291 g/mol. The molecule has 0 spiro atoms. The van der Waals surface area contributed by atoms with Gasteiger partial charge in [0, 0.05) is 24.9 Å². The number of nitrogens with one attached hydrogen (secondary N) is 1. The fourth-order valence-corrected chi connectivity index (χ4v) is 3.01. The third-order valence-corrected chi connectivity index (χ3v) is 4.47. The molecule has 1 unspecified atom stereocenters. The minimum absolute atomic E-state index is 0.169. The minimum atomic E-state index is -0.354. The van der Waals surface area contributed by atoms with E-state index in [4.69, 9.17) is 0 Å². The van der Waals surface area contributed by atoms with Gasteiger partial charge in [-0.15, -0.1) is 11.3 Å². The van der Waals surface area contributed by atoms with Gasteiger partial charge in [-0.3, -0.25) is 4.79 Å². The molecule has 0 amide bonds. The first-order chi connectivity index (χ1) is 9.59. The molecule has 4 heteroatoms. The third-order valence-electron chi connectivity index (χ3n) is 3.41. The summed E-state index contributed by atoms with van der Waals surface area (Å²) in [4.78, 5) is 13.0. The number of rotatable bonds is 7. The molecule has 2 N–H and O–H groups in total. The molecule has 1 aromatic carbocycles. The number of fused-ring (bicyclic) bond motifs is 1. The highest BCUT2D eigenvalue weighted by molar-refractivity contribution is 7.13. The number of benzene rings is 1. The molecular formula is C16H21NO2S. The molecule has 2 rings (SSSR count). The highest BCUT2D eigenvalue weighted by Crippen LogP contribution is 2.26. The van der Waals surface area contributed by atoms with E-state index in [-0.39, 0.29) is 17.8 Å². The Kier molecular flexibility index (Phi) is 5.29. The highest BCUT2D eigenvalue weighted by atomic mass is 32.1. The number of Topliss-reactive ketones (excluding diaryl/α,β-unsaturated/α-hetero) is 1. The van der Waals surface area contributed by atoms with E-state index >= 15 is 0 Å². The van der Waals surface area contributed by atoms with Gasteiger partial charge < -0.3 is 10.4 Å². The smallest absolute Gasteiger partial charge is 0.174 e. The molecule has 0 aliphatic rings. The number of ketones is 1. The molecule has 20 heavy (non-hydrogen) atoms. The second kappa shape index (κ2) is 6.97. The molecule has 0 bridgehead atoms. The van der Waals surface area contributed by atoms with E-state index in [1.165, 1.54) is 11.3 Å². The summed E-state index contributed by atoms with van der Waals surface area (Å²) in [6.07, 6.45) is 0.114. The van der Waals surface area contributed by atoms with Crippen molar-refractivity contribution in [3.63, 3.8) is 0 Å². The summed E-state index contributed by atoms with van der Waals surface area (Å²) in [6.45, 7) is 5.11. The van der Waals surface area contributed by atoms with E-state index < -0.39 is 0 Å². The second-order valence-electron chi connectivity index (χ2n) is 5.34. The normalized spacial score (nSPS) is 13.0. The zero-order valence-electron chi connectivity index (χ0n) is 11.9. The Bertz CT molecular complexity index is 577. The summed E-state index contributed by atoms with van der Waals surface area (Å²) < 4.78 is 0. The van der Waals surface area contributed by atoms with Crippen LogP contribution in [-0.2, 0) is 0 Å². The first-order valence-electron chi connectivity index (χ1n) is 6.98. The second-order valence-corrected chi connectivity index (χ2v) is 6.22. The van der Waals surface area contributed by atoms with Gasteiger partial charge in [-0.1, -0.05) is 38.1 Å². The maximum absolute atomic E-state index is 12.2. The molecule has 0 radical (unpaired) electrons. The summed E-state index contributed by atoms with van der Waals surface area (Å²) in [6, 6.07) is 7.97. The number of carbonyl (C=O) groups excluding carboxylic acids is 1. The van der Waals surface area contributed by atoms with Crippen molar-refractivity contribution < 1.29 is 9.90 Å². The summed E-state index contributed by atoms with van der Waals surface area (Å²) in [5, 5.41) is 17.0. The van der Waals surface area contributed by atoms with Crippen molar-refractivity contribution in [3.8, 4) is 0 Å². The first-order valence-corrected chi connectivity index (χ1v) is 7.85. The van der Waals surface area contributed by atoms with Gasteiger partial charge in [0.1, 0.15) is 0 Å². The molecule has 108 valence electrons. The predicted molar refractivity (Wildman–Crippen MR) is 84.5 cm³/mol. The molecular weight excluding hydrogens is 270 g/mol.